The van der Waals surface area contributed by atoms with E-state index in [1.807, 2.05) is 6.92 Å². The third kappa shape index (κ3) is 2.13. The lowest BCUT2D eigenvalue weighted by molar-refractivity contribution is -0.127. The van der Waals surface area contributed by atoms with Crippen molar-refractivity contribution in [2.45, 2.75) is 78.2 Å². The zero-order chi connectivity index (χ0) is 16.4. The molecule has 7 atom stereocenters. The molecule has 2 nitrogen and oxygen atoms in total. The summed E-state index contributed by atoms with van der Waals surface area (Å²) in [5, 5.41) is 10.1. The van der Waals surface area contributed by atoms with Gasteiger partial charge in [0.05, 0.1) is 6.10 Å². The van der Waals surface area contributed by atoms with Gasteiger partial charge >= 0.3 is 0 Å². The van der Waals surface area contributed by atoms with E-state index in [-0.39, 0.29) is 11.5 Å². The van der Waals surface area contributed by atoms with E-state index < -0.39 is 0 Å². The topological polar surface area (TPSA) is 37.3 Å². The molecule has 0 spiro atoms. The quantitative estimate of drug-likeness (QED) is 0.722. The number of ketones is 1. The second kappa shape index (κ2) is 5.18. The monoisotopic (exact) mass is 316 g/mol. The van der Waals surface area contributed by atoms with Crippen LogP contribution in [0.25, 0.3) is 0 Å². The molecule has 2 heteroatoms. The first-order valence-corrected chi connectivity index (χ1v) is 9.74. The molecule has 4 aliphatic rings. The summed E-state index contributed by atoms with van der Waals surface area (Å²) in [6.07, 6.45) is 11.5. The largest absolute Gasteiger partial charge is 0.393 e. The SMILES string of the molecule is CC(=O)[C@H]1CC[C@H]2C3CC=C4C[C@@H](O)CC[C@]4(C)C3CC[C@]12C. The second-order valence-corrected chi connectivity index (χ2v) is 9.44. The maximum atomic E-state index is 12.2. The maximum absolute atomic E-state index is 12.2. The minimum atomic E-state index is -0.117. The average molecular weight is 316 g/mol. The Hall–Kier alpha value is -0.630. The number of Topliss-reactive ketones (excluding diaryl/α,β-unsaturated/α-hetero) is 1. The Bertz CT molecular complexity index is 550. The van der Waals surface area contributed by atoms with Gasteiger partial charge in [-0.1, -0.05) is 25.5 Å². The molecule has 0 radical (unpaired) electrons. The molecule has 0 bridgehead atoms. The van der Waals surface area contributed by atoms with Gasteiger partial charge in [-0.05, 0) is 86.9 Å². The van der Waals surface area contributed by atoms with Crippen LogP contribution < -0.4 is 0 Å². The Labute approximate surface area is 140 Å². The molecule has 2 unspecified atom stereocenters. The summed E-state index contributed by atoms with van der Waals surface area (Å²) >= 11 is 0. The van der Waals surface area contributed by atoms with Gasteiger partial charge in [-0.2, -0.15) is 0 Å². The minimum absolute atomic E-state index is 0.117. The van der Waals surface area contributed by atoms with Gasteiger partial charge in [0.15, 0.2) is 0 Å². The summed E-state index contributed by atoms with van der Waals surface area (Å²) in [6.45, 7) is 6.70. The normalized spacial score (nSPS) is 52.2. The molecule has 0 saturated heterocycles. The highest BCUT2D eigenvalue weighted by molar-refractivity contribution is 5.79. The molecule has 3 saturated carbocycles. The van der Waals surface area contributed by atoms with Crippen LogP contribution in [0.4, 0.5) is 0 Å². The third-order valence-electron chi connectivity index (χ3n) is 8.57. The van der Waals surface area contributed by atoms with Crippen LogP contribution in [0, 0.1) is 34.5 Å². The highest BCUT2D eigenvalue weighted by Gasteiger charge is 2.59. The van der Waals surface area contributed by atoms with Gasteiger partial charge in [0.1, 0.15) is 5.78 Å². The molecule has 0 aromatic heterocycles. The number of rotatable bonds is 1. The minimum Gasteiger partial charge on any atom is -0.393 e. The molecule has 0 heterocycles. The fraction of sp³-hybridized carbons (Fsp3) is 0.857. The van der Waals surface area contributed by atoms with Gasteiger partial charge in [-0.25, -0.2) is 0 Å². The van der Waals surface area contributed by atoms with Crippen LogP contribution in [0.2, 0.25) is 0 Å². The first kappa shape index (κ1) is 15.9. The molecule has 1 N–H and O–H groups in total. The van der Waals surface area contributed by atoms with Gasteiger partial charge in [-0.3, -0.25) is 4.79 Å². The lowest BCUT2D eigenvalue weighted by atomic mass is 9.47. The third-order valence-corrected chi connectivity index (χ3v) is 8.57. The molecule has 0 amide bonds. The summed E-state index contributed by atoms with van der Waals surface area (Å²) in [5.41, 5.74) is 2.11. The summed E-state index contributed by atoms with van der Waals surface area (Å²) in [6, 6.07) is 0. The summed E-state index contributed by atoms with van der Waals surface area (Å²) in [5.74, 6) is 3.00. The fourth-order valence-corrected chi connectivity index (χ4v) is 7.31. The zero-order valence-electron chi connectivity index (χ0n) is 15.0. The van der Waals surface area contributed by atoms with Crippen molar-refractivity contribution >= 4 is 5.78 Å². The van der Waals surface area contributed by atoms with E-state index in [2.05, 4.69) is 19.9 Å². The molecule has 4 rings (SSSR count). The molecule has 23 heavy (non-hydrogen) atoms. The van der Waals surface area contributed by atoms with E-state index in [0.29, 0.717) is 17.1 Å². The number of hydrogen-bond acceptors (Lipinski definition) is 2. The van der Waals surface area contributed by atoms with Crippen molar-refractivity contribution in [3.8, 4) is 0 Å². The number of carbonyl (C=O) groups is 1. The van der Waals surface area contributed by atoms with Gasteiger partial charge in [0.2, 0.25) is 0 Å². The standard InChI is InChI=1S/C21H32O2/c1-13(22)17-6-7-18-16-5-4-14-12-15(23)8-10-20(14,2)19(16)9-11-21(17,18)3/h4,15-19,23H,5-12H2,1-3H3/t15-,16?,17+,18-,19?,20-,21+/m0/s1. The van der Waals surface area contributed by atoms with E-state index >= 15 is 0 Å². The maximum Gasteiger partial charge on any atom is 0.133 e. The Morgan fingerprint density at radius 2 is 1.91 bits per heavy atom. The summed E-state index contributed by atoms with van der Waals surface area (Å²) < 4.78 is 0. The van der Waals surface area contributed by atoms with Gasteiger partial charge in [0, 0.05) is 5.92 Å². The smallest absolute Gasteiger partial charge is 0.133 e. The number of fused-ring (bicyclic) bond motifs is 5. The number of hydrogen-bond donors (Lipinski definition) is 1. The molecular weight excluding hydrogens is 284 g/mol. The molecule has 0 aliphatic heterocycles. The van der Waals surface area contributed by atoms with Gasteiger partial charge < -0.3 is 5.11 Å². The molecule has 4 aliphatic carbocycles. The molecule has 0 aromatic rings. The van der Waals surface area contributed by atoms with Crippen molar-refractivity contribution in [3.05, 3.63) is 11.6 Å². The van der Waals surface area contributed by atoms with E-state index in [0.717, 1.165) is 43.4 Å². The van der Waals surface area contributed by atoms with Crippen molar-refractivity contribution < 1.29 is 9.90 Å². The number of aliphatic hydroxyl groups excluding tert-OH is 1. The van der Waals surface area contributed by atoms with Crippen LogP contribution in [0.3, 0.4) is 0 Å². The lowest BCUT2D eigenvalue weighted by Gasteiger charge is -2.57. The van der Waals surface area contributed by atoms with E-state index in [1.165, 1.54) is 25.7 Å². The van der Waals surface area contributed by atoms with Crippen molar-refractivity contribution in [1.29, 1.82) is 0 Å². The second-order valence-electron chi connectivity index (χ2n) is 9.44. The highest BCUT2D eigenvalue weighted by Crippen LogP contribution is 2.66. The van der Waals surface area contributed by atoms with Gasteiger partial charge in [0.25, 0.3) is 0 Å². The Kier molecular flexibility index (Phi) is 3.58. The van der Waals surface area contributed by atoms with Crippen LogP contribution in [-0.2, 0) is 4.79 Å². The Morgan fingerprint density at radius 1 is 1.13 bits per heavy atom. The van der Waals surface area contributed by atoms with Crippen molar-refractivity contribution in [2.24, 2.45) is 34.5 Å². The zero-order valence-corrected chi connectivity index (χ0v) is 15.0. The van der Waals surface area contributed by atoms with E-state index in [9.17, 15) is 9.90 Å². The average Bonchev–Trinajstić information content (AvgIpc) is 2.85. The number of allylic oxidation sites excluding steroid dienone is 1. The summed E-state index contributed by atoms with van der Waals surface area (Å²) in [7, 11) is 0. The van der Waals surface area contributed by atoms with Crippen LogP contribution >= 0.6 is 0 Å². The molecule has 3 fully saturated rings. The molecule has 128 valence electrons. The number of aliphatic hydroxyl groups is 1. The molecule has 0 aromatic carbocycles. The van der Waals surface area contributed by atoms with Crippen molar-refractivity contribution in [3.63, 3.8) is 0 Å². The lowest BCUT2D eigenvalue weighted by Crippen LogP contribution is -2.50. The highest BCUT2D eigenvalue weighted by atomic mass is 16.3. The first-order chi connectivity index (χ1) is 10.9. The van der Waals surface area contributed by atoms with Crippen molar-refractivity contribution in [2.75, 3.05) is 0 Å². The first-order valence-electron chi connectivity index (χ1n) is 9.74. The predicted molar refractivity (Wildman–Crippen MR) is 91.9 cm³/mol. The van der Waals surface area contributed by atoms with E-state index in [1.54, 1.807) is 5.57 Å². The Morgan fingerprint density at radius 3 is 2.65 bits per heavy atom. The molecular formula is C21H32O2. The van der Waals surface area contributed by atoms with Crippen LogP contribution in [0.1, 0.15) is 72.1 Å². The van der Waals surface area contributed by atoms with Crippen LogP contribution in [-0.4, -0.2) is 17.0 Å². The fourth-order valence-electron chi connectivity index (χ4n) is 7.31. The van der Waals surface area contributed by atoms with E-state index in [4.69, 9.17) is 0 Å². The predicted octanol–water partition coefficient (Wildman–Crippen LogP) is 4.52. The van der Waals surface area contributed by atoms with Gasteiger partial charge in [-0.15, -0.1) is 0 Å². The number of carbonyl (C=O) groups excluding carboxylic acids is 1. The summed E-state index contributed by atoms with van der Waals surface area (Å²) in [4.78, 5) is 12.2. The van der Waals surface area contributed by atoms with Crippen molar-refractivity contribution in [1.82, 2.24) is 0 Å². The van der Waals surface area contributed by atoms with Crippen LogP contribution in [0.5, 0.6) is 0 Å². The van der Waals surface area contributed by atoms with Crippen LogP contribution in [0.15, 0.2) is 11.6 Å². The Balaban J connectivity index is 1.66.